The maximum Gasteiger partial charge on any atom is 0.205 e. The van der Waals surface area contributed by atoms with E-state index in [1.807, 2.05) is 17.1 Å². The van der Waals surface area contributed by atoms with Crippen LogP contribution in [0.25, 0.3) is 5.70 Å². The lowest BCUT2D eigenvalue weighted by Crippen LogP contribution is -2.51. The number of aliphatic hydroxyl groups is 1. The maximum absolute atomic E-state index is 10.5. The van der Waals surface area contributed by atoms with Crippen LogP contribution in [-0.2, 0) is 0 Å². The molecule has 0 radical (unpaired) electrons. The van der Waals surface area contributed by atoms with E-state index >= 15 is 0 Å². The van der Waals surface area contributed by atoms with Gasteiger partial charge in [0, 0.05) is 30.4 Å². The van der Waals surface area contributed by atoms with Crippen LogP contribution in [0.5, 0.6) is 0 Å². The normalized spacial score (nSPS) is 26.2. The molecule has 4 rings (SSSR count). The van der Waals surface area contributed by atoms with E-state index < -0.39 is 6.35 Å². The van der Waals surface area contributed by atoms with Crippen molar-refractivity contribution in [1.29, 1.82) is 0 Å². The molecule has 6 nitrogen and oxygen atoms in total. The molecule has 6 heteroatoms. The van der Waals surface area contributed by atoms with E-state index in [1.54, 1.807) is 0 Å². The van der Waals surface area contributed by atoms with Crippen LogP contribution in [0.4, 0.5) is 5.69 Å². The van der Waals surface area contributed by atoms with Crippen molar-refractivity contribution in [2.75, 3.05) is 25.0 Å². The van der Waals surface area contributed by atoms with Crippen LogP contribution in [0.2, 0.25) is 0 Å². The van der Waals surface area contributed by atoms with E-state index in [-0.39, 0.29) is 0 Å². The van der Waals surface area contributed by atoms with Crippen LogP contribution in [0.3, 0.4) is 0 Å². The van der Waals surface area contributed by atoms with E-state index in [4.69, 9.17) is 5.84 Å². The number of rotatable bonds is 1. The zero-order chi connectivity index (χ0) is 14.4. The first-order valence-electron chi connectivity index (χ1n) is 7.53. The summed E-state index contributed by atoms with van der Waals surface area (Å²) in [7, 11) is 0. The van der Waals surface area contributed by atoms with Crippen LogP contribution in [0, 0.1) is 0 Å². The second-order valence-electron chi connectivity index (χ2n) is 5.91. The Morgan fingerprint density at radius 2 is 1.95 bits per heavy atom. The third kappa shape index (κ3) is 2.07. The molecule has 112 valence electrons. The fourth-order valence-corrected chi connectivity index (χ4v) is 3.59. The van der Waals surface area contributed by atoms with Gasteiger partial charge in [0.25, 0.3) is 0 Å². The van der Waals surface area contributed by atoms with Crippen molar-refractivity contribution in [1.82, 2.24) is 15.2 Å². The molecule has 0 saturated carbocycles. The molecule has 0 amide bonds. The molecule has 1 fully saturated rings. The Hall–Kier alpha value is -1.76. The van der Waals surface area contributed by atoms with Gasteiger partial charge < -0.3 is 20.6 Å². The standard InChI is InChI=1S/C15H21N5O/c16-19-7-5-10(6-8-19)20-13-9-17-12-4-2-1-3-11(12)14(13)18-15(20)21/h1-4,10,15,17-18,21H,5-9,16H2. The summed E-state index contributed by atoms with van der Waals surface area (Å²) >= 11 is 0. The summed E-state index contributed by atoms with van der Waals surface area (Å²) in [6, 6.07) is 8.55. The molecule has 0 aromatic heterocycles. The molecule has 5 N–H and O–H groups in total. The summed E-state index contributed by atoms with van der Waals surface area (Å²) in [6.45, 7) is 2.50. The second-order valence-corrected chi connectivity index (χ2v) is 5.91. The molecule has 0 spiro atoms. The largest absolute Gasteiger partial charge is 0.379 e. The molecule has 1 aromatic carbocycles. The van der Waals surface area contributed by atoms with Crippen molar-refractivity contribution in [2.24, 2.45) is 5.84 Å². The van der Waals surface area contributed by atoms with Crippen LogP contribution in [0.15, 0.2) is 30.0 Å². The van der Waals surface area contributed by atoms with Gasteiger partial charge in [0.05, 0.1) is 17.9 Å². The van der Waals surface area contributed by atoms with Crippen molar-refractivity contribution in [3.8, 4) is 0 Å². The molecule has 3 aliphatic rings. The Labute approximate surface area is 124 Å². The molecule has 3 aliphatic heterocycles. The number of para-hydroxylation sites is 1. The number of nitrogens with one attached hydrogen (secondary N) is 2. The second kappa shape index (κ2) is 4.91. The van der Waals surface area contributed by atoms with Gasteiger partial charge in [0.2, 0.25) is 6.35 Å². The minimum atomic E-state index is -0.641. The fourth-order valence-electron chi connectivity index (χ4n) is 3.59. The zero-order valence-corrected chi connectivity index (χ0v) is 11.9. The molecule has 1 saturated heterocycles. The van der Waals surface area contributed by atoms with Gasteiger partial charge in [-0.25, -0.2) is 5.01 Å². The lowest BCUT2D eigenvalue weighted by atomic mass is 10.0. The molecule has 1 aromatic rings. The molecule has 0 aliphatic carbocycles. The van der Waals surface area contributed by atoms with Crippen LogP contribution in [0.1, 0.15) is 18.4 Å². The predicted octanol–water partition coefficient (Wildman–Crippen LogP) is 0.300. The van der Waals surface area contributed by atoms with Gasteiger partial charge >= 0.3 is 0 Å². The topological polar surface area (TPSA) is 76.8 Å². The number of nitrogens with zero attached hydrogens (tertiary/aromatic N) is 2. The van der Waals surface area contributed by atoms with E-state index in [0.29, 0.717) is 6.04 Å². The molecule has 21 heavy (non-hydrogen) atoms. The number of nitrogens with two attached hydrogens (primary N) is 1. The average molecular weight is 287 g/mol. The highest BCUT2D eigenvalue weighted by Crippen LogP contribution is 2.37. The molecular weight excluding hydrogens is 266 g/mol. The van der Waals surface area contributed by atoms with Crippen LogP contribution < -0.4 is 16.5 Å². The first kappa shape index (κ1) is 12.9. The number of benzene rings is 1. The molecule has 1 atom stereocenters. The Kier molecular flexibility index (Phi) is 3.02. The Morgan fingerprint density at radius 1 is 1.19 bits per heavy atom. The van der Waals surface area contributed by atoms with E-state index in [0.717, 1.165) is 55.1 Å². The number of fused-ring (bicyclic) bond motifs is 2. The first-order chi connectivity index (χ1) is 10.2. The average Bonchev–Trinajstić information content (AvgIpc) is 2.85. The predicted molar refractivity (Wildman–Crippen MR) is 81.6 cm³/mol. The number of hydrazine groups is 1. The summed E-state index contributed by atoms with van der Waals surface area (Å²) in [5.74, 6) is 5.84. The van der Waals surface area contributed by atoms with E-state index in [1.165, 1.54) is 0 Å². The minimum Gasteiger partial charge on any atom is -0.379 e. The quantitative estimate of drug-likeness (QED) is 0.557. The maximum atomic E-state index is 10.5. The van der Waals surface area contributed by atoms with Crippen LogP contribution in [-0.4, -0.2) is 47.0 Å². The molecular formula is C15H21N5O. The van der Waals surface area contributed by atoms with Gasteiger partial charge in [0.15, 0.2) is 0 Å². The smallest absolute Gasteiger partial charge is 0.205 e. The fraction of sp³-hybridized carbons (Fsp3) is 0.467. The summed E-state index contributed by atoms with van der Waals surface area (Å²) in [5.41, 5.74) is 4.48. The first-order valence-corrected chi connectivity index (χ1v) is 7.53. The van der Waals surface area contributed by atoms with Gasteiger partial charge in [-0.05, 0) is 18.9 Å². The monoisotopic (exact) mass is 287 g/mol. The van der Waals surface area contributed by atoms with Crippen molar-refractivity contribution in [3.05, 3.63) is 35.5 Å². The lowest BCUT2D eigenvalue weighted by molar-refractivity contribution is -0.0152. The van der Waals surface area contributed by atoms with Gasteiger partial charge in [-0.2, -0.15) is 0 Å². The van der Waals surface area contributed by atoms with Crippen molar-refractivity contribution in [3.63, 3.8) is 0 Å². The summed E-state index contributed by atoms with van der Waals surface area (Å²) in [5, 5.41) is 19.0. The van der Waals surface area contributed by atoms with E-state index in [2.05, 4.69) is 27.7 Å². The number of hydrogen-bond donors (Lipinski definition) is 4. The highest BCUT2D eigenvalue weighted by molar-refractivity contribution is 5.81. The summed E-state index contributed by atoms with van der Waals surface area (Å²) < 4.78 is 0. The lowest BCUT2D eigenvalue weighted by Gasteiger charge is -2.39. The number of aliphatic hydroxyl groups excluding tert-OH is 1. The molecule has 0 bridgehead atoms. The third-order valence-electron chi connectivity index (χ3n) is 4.67. The van der Waals surface area contributed by atoms with Gasteiger partial charge in [0.1, 0.15) is 0 Å². The van der Waals surface area contributed by atoms with Crippen LogP contribution >= 0.6 is 0 Å². The van der Waals surface area contributed by atoms with Gasteiger partial charge in [-0.1, -0.05) is 18.2 Å². The third-order valence-corrected chi connectivity index (χ3v) is 4.67. The Bertz CT molecular complexity index is 579. The highest BCUT2D eigenvalue weighted by Gasteiger charge is 2.38. The van der Waals surface area contributed by atoms with Crippen molar-refractivity contribution >= 4 is 11.4 Å². The minimum absolute atomic E-state index is 0.340. The molecule has 1 unspecified atom stereocenters. The Morgan fingerprint density at radius 3 is 2.76 bits per heavy atom. The van der Waals surface area contributed by atoms with Gasteiger partial charge in [-0.15, -0.1) is 0 Å². The number of piperidine rings is 1. The number of hydrogen-bond acceptors (Lipinski definition) is 6. The number of anilines is 1. The SMILES string of the molecule is NN1CCC(N2C3=C(NC2O)c2ccccc2NC3)CC1. The summed E-state index contributed by atoms with van der Waals surface area (Å²) in [4.78, 5) is 2.13. The molecule has 3 heterocycles. The van der Waals surface area contributed by atoms with Crippen molar-refractivity contribution in [2.45, 2.75) is 25.2 Å². The Balaban J connectivity index is 1.66. The zero-order valence-electron chi connectivity index (χ0n) is 11.9. The van der Waals surface area contributed by atoms with E-state index in [9.17, 15) is 5.11 Å². The van der Waals surface area contributed by atoms with Crippen molar-refractivity contribution < 1.29 is 5.11 Å². The highest BCUT2D eigenvalue weighted by atomic mass is 16.3. The van der Waals surface area contributed by atoms with Gasteiger partial charge in [-0.3, -0.25) is 5.84 Å². The summed E-state index contributed by atoms with van der Waals surface area (Å²) in [6.07, 6.45) is 1.32.